The maximum Gasteiger partial charge on any atom is 0.237 e. The molecule has 0 saturated carbocycles. The van der Waals surface area contributed by atoms with Gasteiger partial charge in [-0.25, -0.2) is 0 Å². The van der Waals surface area contributed by atoms with Crippen LogP contribution in [0.3, 0.4) is 0 Å². The maximum atomic E-state index is 12.2. The Hall–Kier alpha value is -1.84. The highest BCUT2D eigenvalue weighted by Gasteiger charge is 2.43. The minimum atomic E-state index is -0.485. The van der Waals surface area contributed by atoms with Crippen molar-refractivity contribution >= 4 is 17.4 Å². The van der Waals surface area contributed by atoms with Crippen molar-refractivity contribution in [1.29, 1.82) is 5.41 Å². The molecular weight excluding hydrogens is 214 g/mol. The van der Waals surface area contributed by atoms with Crippen LogP contribution in [0.25, 0.3) is 0 Å². The summed E-state index contributed by atoms with van der Waals surface area (Å²) in [5.74, 6) is 0.136. The summed E-state index contributed by atoms with van der Waals surface area (Å²) in [6, 6.07) is 5.53. The van der Waals surface area contributed by atoms with Crippen LogP contribution >= 0.6 is 0 Å². The van der Waals surface area contributed by atoms with Crippen LogP contribution in [0.5, 0.6) is 0 Å². The number of carbonyl (C=O) groups is 1. The number of nitrogen functional groups attached to an aromatic ring is 1. The monoisotopic (exact) mass is 231 g/mol. The third kappa shape index (κ3) is 1.52. The number of amidine groups is 1. The Morgan fingerprint density at radius 1 is 1.47 bits per heavy atom. The first-order valence-electron chi connectivity index (χ1n) is 5.70. The first kappa shape index (κ1) is 11.6. The molecule has 0 aliphatic carbocycles. The Morgan fingerprint density at radius 2 is 2.12 bits per heavy atom. The van der Waals surface area contributed by atoms with Crippen molar-refractivity contribution in [3.05, 3.63) is 29.3 Å². The van der Waals surface area contributed by atoms with Crippen LogP contribution in [0.4, 0.5) is 5.69 Å². The molecule has 1 aromatic carbocycles. The van der Waals surface area contributed by atoms with E-state index in [-0.39, 0.29) is 11.7 Å². The van der Waals surface area contributed by atoms with Crippen LogP contribution in [-0.4, -0.2) is 18.3 Å². The maximum absolute atomic E-state index is 12.2. The summed E-state index contributed by atoms with van der Waals surface area (Å²) in [5.41, 5.74) is 7.54. The van der Waals surface area contributed by atoms with E-state index in [2.05, 4.69) is 0 Å². The number of carbonyl (C=O) groups excluding carboxylic acids is 1. The highest BCUT2D eigenvalue weighted by Crippen LogP contribution is 2.41. The Bertz CT molecular complexity index is 505. The topological polar surface area (TPSA) is 70.2 Å². The fraction of sp³-hybridized carbons (Fsp3) is 0.385. The fourth-order valence-corrected chi connectivity index (χ4v) is 2.33. The van der Waals surface area contributed by atoms with E-state index >= 15 is 0 Å². The lowest BCUT2D eigenvalue weighted by Gasteiger charge is -2.18. The largest absolute Gasteiger partial charge is 0.384 e. The molecule has 0 aromatic heterocycles. The van der Waals surface area contributed by atoms with E-state index < -0.39 is 5.41 Å². The minimum Gasteiger partial charge on any atom is -0.384 e. The second-order valence-electron chi connectivity index (χ2n) is 4.82. The lowest BCUT2D eigenvalue weighted by atomic mass is 9.86. The molecule has 1 aromatic rings. The standard InChI is InChI=1S/C13H17N3O/c1-4-16-10-7-8(11(14)15)5-6-9(10)13(2,3)12(16)17/h5-7H,4H2,1-3H3,(H3,14,15). The number of amides is 1. The Morgan fingerprint density at radius 3 is 2.65 bits per heavy atom. The van der Waals surface area contributed by atoms with E-state index in [1.165, 1.54) is 0 Å². The van der Waals surface area contributed by atoms with Gasteiger partial charge in [0.15, 0.2) is 0 Å². The van der Waals surface area contributed by atoms with Crippen LogP contribution < -0.4 is 10.6 Å². The van der Waals surface area contributed by atoms with Gasteiger partial charge in [-0.3, -0.25) is 10.2 Å². The van der Waals surface area contributed by atoms with Crippen molar-refractivity contribution in [2.75, 3.05) is 11.4 Å². The molecule has 4 heteroatoms. The van der Waals surface area contributed by atoms with Crippen LogP contribution in [0, 0.1) is 5.41 Å². The van der Waals surface area contributed by atoms with Crippen molar-refractivity contribution in [3.63, 3.8) is 0 Å². The number of hydrogen-bond acceptors (Lipinski definition) is 2. The smallest absolute Gasteiger partial charge is 0.237 e. The second-order valence-corrected chi connectivity index (χ2v) is 4.82. The molecule has 1 amide bonds. The molecule has 1 aliphatic rings. The highest BCUT2D eigenvalue weighted by molar-refractivity contribution is 6.09. The second kappa shape index (κ2) is 3.58. The van der Waals surface area contributed by atoms with Gasteiger partial charge >= 0.3 is 0 Å². The van der Waals surface area contributed by atoms with Crippen LogP contribution in [-0.2, 0) is 10.2 Å². The molecule has 0 saturated heterocycles. The molecule has 0 bridgehead atoms. The molecule has 1 heterocycles. The van der Waals surface area contributed by atoms with Crippen molar-refractivity contribution in [2.24, 2.45) is 5.73 Å². The zero-order valence-corrected chi connectivity index (χ0v) is 10.4. The SMILES string of the molecule is CCN1C(=O)C(C)(C)c2ccc(C(=N)N)cc21. The molecule has 3 N–H and O–H groups in total. The number of hydrogen-bond donors (Lipinski definition) is 2. The summed E-state index contributed by atoms with van der Waals surface area (Å²) >= 11 is 0. The number of likely N-dealkylation sites (N-methyl/N-ethyl adjacent to an activating group) is 1. The van der Waals surface area contributed by atoms with Crippen LogP contribution in [0.15, 0.2) is 18.2 Å². The summed E-state index contributed by atoms with van der Waals surface area (Å²) in [6.45, 7) is 6.44. The third-order valence-corrected chi connectivity index (χ3v) is 3.37. The van der Waals surface area contributed by atoms with Gasteiger partial charge in [-0.1, -0.05) is 12.1 Å². The van der Waals surface area contributed by atoms with Gasteiger partial charge in [0, 0.05) is 17.8 Å². The number of nitrogens with zero attached hydrogens (tertiary/aromatic N) is 1. The molecule has 4 nitrogen and oxygen atoms in total. The first-order valence-corrected chi connectivity index (χ1v) is 5.70. The number of anilines is 1. The average molecular weight is 231 g/mol. The number of fused-ring (bicyclic) bond motifs is 1. The van der Waals surface area contributed by atoms with Gasteiger partial charge in [0.1, 0.15) is 5.84 Å². The number of benzene rings is 1. The van der Waals surface area contributed by atoms with Gasteiger partial charge in [-0.15, -0.1) is 0 Å². The molecule has 90 valence electrons. The van der Waals surface area contributed by atoms with Gasteiger partial charge in [-0.05, 0) is 32.4 Å². The van der Waals surface area contributed by atoms with Gasteiger partial charge < -0.3 is 10.6 Å². The van der Waals surface area contributed by atoms with E-state index in [0.29, 0.717) is 12.1 Å². The lowest BCUT2D eigenvalue weighted by molar-refractivity contribution is -0.122. The Kier molecular flexibility index (Phi) is 2.45. The molecular formula is C13H17N3O. The lowest BCUT2D eigenvalue weighted by Crippen LogP contribution is -2.35. The van der Waals surface area contributed by atoms with Gasteiger partial charge in [-0.2, -0.15) is 0 Å². The van der Waals surface area contributed by atoms with E-state index in [9.17, 15) is 4.79 Å². The minimum absolute atomic E-state index is 0.0287. The molecule has 0 unspecified atom stereocenters. The van der Waals surface area contributed by atoms with E-state index in [1.807, 2.05) is 32.9 Å². The summed E-state index contributed by atoms with van der Waals surface area (Å²) in [6.07, 6.45) is 0. The highest BCUT2D eigenvalue weighted by atomic mass is 16.2. The summed E-state index contributed by atoms with van der Waals surface area (Å²) in [7, 11) is 0. The molecule has 0 radical (unpaired) electrons. The normalized spacial score (nSPS) is 17.1. The Balaban J connectivity index is 2.63. The van der Waals surface area contributed by atoms with E-state index in [4.69, 9.17) is 11.1 Å². The van der Waals surface area contributed by atoms with Gasteiger partial charge in [0.25, 0.3) is 0 Å². The number of nitrogens with two attached hydrogens (primary N) is 1. The molecule has 0 spiro atoms. The van der Waals surface area contributed by atoms with Crippen molar-refractivity contribution < 1.29 is 4.79 Å². The predicted molar refractivity (Wildman–Crippen MR) is 68.5 cm³/mol. The molecule has 2 rings (SSSR count). The van der Waals surface area contributed by atoms with Gasteiger partial charge in [0.05, 0.1) is 5.41 Å². The van der Waals surface area contributed by atoms with Crippen molar-refractivity contribution in [3.8, 4) is 0 Å². The summed E-state index contributed by atoms with van der Waals surface area (Å²) < 4.78 is 0. The van der Waals surface area contributed by atoms with Crippen molar-refractivity contribution in [1.82, 2.24) is 0 Å². The Labute approximate surface area is 101 Å². The van der Waals surface area contributed by atoms with Gasteiger partial charge in [0.2, 0.25) is 5.91 Å². The third-order valence-electron chi connectivity index (χ3n) is 3.37. The average Bonchev–Trinajstić information content (AvgIpc) is 2.47. The van der Waals surface area contributed by atoms with Crippen LogP contribution in [0.1, 0.15) is 31.9 Å². The predicted octanol–water partition coefficient (Wildman–Crippen LogP) is 1.61. The molecule has 17 heavy (non-hydrogen) atoms. The number of rotatable bonds is 2. The van der Waals surface area contributed by atoms with Crippen molar-refractivity contribution in [2.45, 2.75) is 26.2 Å². The fourth-order valence-electron chi connectivity index (χ4n) is 2.33. The van der Waals surface area contributed by atoms with Crippen LogP contribution in [0.2, 0.25) is 0 Å². The quantitative estimate of drug-likeness (QED) is 0.599. The number of nitrogens with one attached hydrogen (secondary N) is 1. The van der Waals surface area contributed by atoms with E-state index in [0.717, 1.165) is 11.3 Å². The zero-order valence-electron chi connectivity index (χ0n) is 10.4. The van der Waals surface area contributed by atoms with E-state index in [1.54, 1.807) is 11.0 Å². The first-order chi connectivity index (χ1) is 7.89. The summed E-state index contributed by atoms with van der Waals surface area (Å²) in [4.78, 5) is 14.0. The molecule has 0 fully saturated rings. The molecule has 1 aliphatic heterocycles. The zero-order chi connectivity index (χ0) is 12.8. The molecule has 0 atom stereocenters. The summed E-state index contributed by atoms with van der Waals surface area (Å²) in [5, 5.41) is 7.44.